The smallest absolute Gasteiger partial charge is 0.273 e. The minimum absolute atomic E-state index is 0.00720. The van der Waals surface area contributed by atoms with Gasteiger partial charge in [-0.05, 0) is 31.7 Å². The highest BCUT2D eigenvalue weighted by molar-refractivity contribution is 7.09. The van der Waals surface area contributed by atoms with Crippen LogP contribution in [0.2, 0.25) is 0 Å². The number of hydrogen-bond acceptors (Lipinski definition) is 7. The van der Waals surface area contributed by atoms with Crippen LogP contribution in [0.3, 0.4) is 0 Å². The second-order valence-corrected chi connectivity index (χ2v) is 7.39. The Kier molecular flexibility index (Phi) is 4.63. The fraction of sp³-hybridized carbons (Fsp3) is 0.529. The van der Waals surface area contributed by atoms with Crippen molar-refractivity contribution < 1.29 is 9.53 Å². The molecule has 4 heterocycles. The average molecular weight is 359 g/mol. The molecule has 0 radical (unpaired) electrons. The highest BCUT2D eigenvalue weighted by Gasteiger charge is 2.29. The van der Waals surface area contributed by atoms with Crippen LogP contribution in [0.25, 0.3) is 0 Å². The number of thiazole rings is 1. The summed E-state index contributed by atoms with van der Waals surface area (Å²) in [7, 11) is 0. The Morgan fingerprint density at radius 2 is 2.24 bits per heavy atom. The van der Waals surface area contributed by atoms with Gasteiger partial charge in [-0.2, -0.15) is 0 Å². The largest absolute Gasteiger partial charge is 0.371 e. The zero-order valence-corrected chi connectivity index (χ0v) is 14.7. The SMILES string of the molecule is Nc1nccc(C2CCCN(C(=O)c3csc(C4CCCO4)n3)C2)n1. The Balaban J connectivity index is 1.46. The predicted octanol–water partition coefficient (Wildman–Crippen LogP) is 2.39. The van der Waals surface area contributed by atoms with Crippen molar-refractivity contribution in [3.8, 4) is 0 Å². The zero-order valence-electron chi connectivity index (χ0n) is 13.9. The third kappa shape index (κ3) is 3.50. The molecular formula is C17H21N5O2S. The van der Waals surface area contributed by atoms with Gasteiger partial charge in [0.15, 0.2) is 0 Å². The maximum atomic E-state index is 12.8. The van der Waals surface area contributed by atoms with E-state index >= 15 is 0 Å². The number of aromatic nitrogens is 3. The van der Waals surface area contributed by atoms with Gasteiger partial charge < -0.3 is 15.4 Å². The van der Waals surface area contributed by atoms with E-state index in [4.69, 9.17) is 10.5 Å². The second-order valence-electron chi connectivity index (χ2n) is 6.50. The summed E-state index contributed by atoms with van der Waals surface area (Å²) >= 11 is 1.52. The Morgan fingerprint density at radius 1 is 1.32 bits per heavy atom. The van der Waals surface area contributed by atoms with Crippen molar-refractivity contribution in [1.82, 2.24) is 19.9 Å². The molecule has 132 valence electrons. The minimum Gasteiger partial charge on any atom is -0.371 e. The summed E-state index contributed by atoms with van der Waals surface area (Å²) in [6, 6.07) is 1.88. The average Bonchev–Trinajstić information content (AvgIpc) is 3.32. The van der Waals surface area contributed by atoms with E-state index in [0.717, 1.165) is 49.5 Å². The van der Waals surface area contributed by atoms with E-state index < -0.39 is 0 Å². The molecule has 2 unspecified atom stereocenters. The quantitative estimate of drug-likeness (QED) is 0.904. The summed E-state index contributed by atoms with van der Waals surface area (Å²) in [6.07, 6.45) is 5.73. The molecule has 2 aromatic rings. The molecule has 2 N–H and O–H groups in total. The number of carbonyl (C=O) groups is 1. The first-order chi connectivity index (χ1) is 12.2. The number of piperidine rings is 1. The number of nitrogens with zero attached hydrogens (tertiary/aromatic N) is 4. The Bertz CT molecular complexity index is 759. The van der Waals surface area contributed by atoms with Gasteiger partial charge in [-0.3, -0.25) is 4.79 Å². The van der Waals surface area contributed by atoms with Gasteiger partial charge in [-0.15, -0.1) is 11.3 Å². The van der Waals surface area contributed by atoms with Crippen LogP contribution in [0.5, 0.6) is 0 Å². The molecule has 1 amide bonds. The Morgan fingerprint density at radius 3 is 3.04 bits per heavy atom. The van der Waals surface area contributed by atoms with E-state index in [2.05, 4.69) is 15.0 Å². The zero-order chi connectivity index (χ0) is 17.2. The van der Waals surface area contributed by atoms with Crippen molar-refractivity contribution in [3.63, 3.8) is 0 Å². The van der Waals surface area contributed by atoms with Crippen molar-refractivity contribution in [1.29, 1.82) is 0 Å². The molecule has 2 aliphatic heterocycles. The molecule has 2 atom stereocenters. The normalized spacial score (nSPS) is 23.8. The maximum Gasteiger partial charge on any atom is 0.273 e. The first-order valence-electron chi connectivity index (χ1n) is 8.65. The van der Waals surface area contributed by atoms with Gasteiger partial charge >= 0.3 is 0 Å². The van der Waals surface area contributed by atoms with Gasteiger partial charge in [0, 0.05) is 37.2 Å². The van der Waals surface area contributed by atoms with E-state index in [1.807, 2.05) is 16.3 Å². The summed E-state index contributed by atoms with van der Waals surface area (Å²) in [5.74, 6) is 0.466. The molecule has 0 bridgehead atoms. The van der Waals surface area contributed by atoms with Crippen LogP contribution in [0.15, 0.2) is 17.6 Å². The van der Waals surface area contributed by atoms with E-state index in [1.165, 1.54) is 11.3 Å². The number of anilines is 1. The fourth-order valence-corrected chi connectivity index (χ4v) is 4.36. The molecule has 8 heteroatoms. The highest BCUT2D eigenvalue weighted by Crippen LogP contribution is 2.31. The maximum absolute atomic E-state index is 12.8. The van der Waals surface area contributed by atoms with Crippen LogP contribution < -0.4 is 5.73 Å². The van der Waals surface area contributed by atoms with Crippen molar-refractivity contribution in [2.24, 2.45) is 0 Å². The van der Waals surface area contributed by atoms with Gasteiger partial charge in [-0.25, -0.2) is 15.0 Å². The molecule has 7 nitrogen and oxygen atoms in total. The minimum atomic E-state index is -0.00720. The Hall–Kier alpha value is -2.06. The topological polar surface area (TPSA) is 94.2 Å². The monoisotopic (exact) mass is 359 g/mol. The van der Waals surface area contributed by atoms with Gasteiger partial charge in [0.2, 0.25) is 5.95 Å². The Labute approximate surface area is 150 Å². The standard InChI is InChI=1S/C17H21N5O2S/c18-17-19-6-5-12(21-17)11-3-1-7-22(9-11)16(23)13-10-25-15(20-13)14-4-2-8-24-14/h5-6,10-11,14H,1-4,7-9H2,(H2,18,19,21). The summed E-state index contributed by atoms with van der Waals surface area (Å²) in [5.41, 5.74) is 7.12. The van der Waals surface area contributed by atoms with Crippen molar-refractivity contribution in [2.45, 2.75) is 37.7 Å². The van der Waals surface area contributed by atoms with Gasteiger partial charge in [0.05, 0.1) is 5.69 Å². The van der Waals surface area contributed by atoms with Gasteiger partial charge in [0.1, 0.15) is 16.8 Å². The van der Waals surface area contributed by atoms with Crippen LogP contribution in [0, 0.1) is 0 Å². The molecule has 2 aliphatic rings. The second kappa shape index (κ2) is 7.05. The molecule has 0 spiro atoms. The third-order valence-electron chi connectivity index (χ3n) is 4.77. The van der Waals surface area contributed by atoms with Crippen molar-refractivity contribution in [2.75, 3.05) is 25.4 Å². The number of carbonyl (C=O) groups excluding carboxylic acids is 1. The highest BCUT2D eigenvalue weighted by atomic mass is 32.1. The lowest BCUT2D eigenvalue weighted by atomic mass is 9.94. The number of rotatable bonds is 3. The van der Waals surface area contributed by atoms with Crippen LogP contribution in [-0.2, 0) is 4.74 Å². The van der Waals surface area contributed by atoms with Gasteiger partial charge in [0.25, 0.3) is 5.91 Å². The van der Waals surface area contributed by atoms with E-state index in [9.17, 15) is 4.79 Å². The number of nitrogens with two attached hydrogens (primary N) is 1. The molecule has 2 fully saturated rings. The number of ether oxygens (including phenoxy) is 1. The molecule has 4 rings (SSSR count). The van der Waals surface area contributed by atoms with E-state index in [0.29, 0.717) is 12.2 Å². The first-order valence-corrected chi connectivity index (χ1v) is 9.53. The van der Waals surface area contributed by atoms with Gasteiger partial charge in [-0.1, -0.05) is 0 Å². The predicted molar refractivity (Wildman–Crippen MR) is 94.4 cm³/mol. The molecule has 25 heavy (non-hydrogen) atoms. The molecular weight excluding hydrogens is 338 g/mol. The number of nitrogen functional groups attached to an aromatic ring is 1. The fourth-order valence-electron chi connectivity index (χ4n) is 3.49. The third-order valence-corrected chi connectivity index (χ3v) is 5.71. The number of likely N-dealkylation sites (tertiary alicyclic amines) is 1. The summed E-state index contributed by atoms with van der Waals surface area (Å²) < 4.78 is 5.66. The van der Waals surface area contributed by atoms with Crippen LogP contribution >= 0.6 is 11.3 Å². The summed E-state index contributed by atoms with van der Waals surface area (Å²) in [5, 5.41) is 2.77. The first kappa shape index (κ1) is 16.4. The number of amides is 1. The van der Waals surface area contributed by atoms with Crippen molar-refractivity contribution >= 4 is 23.2 Å². The molecule has 2 aromatic heterocycles. The summed E-state index contributed by atoms with van der Waals surface area (Å²) in [4.78, 5) is 27.5. The lowest BCUT2D eigenvalue weighted by Crippen LogP contribution is -2.39. The molecule has 0 aromatic carbocycles. The number of hydrogen-bond donors (Lipinski definition) is 1. The van der Waals surface area contributed by atoms with E-state index in [1.54, 1.807) is 6.20 Å². The summed E-state index contributed by atoms with van der Waals surface area (Å²) in [6.45, 7) is 2.17. The molecule has 0 saturated carbocycles. The van der Waals surface area contributed by atoms with Crippen LogP contribution in [0.1, 0.15) is 58.9 Å². The van der Waals surface area contributed by atoms with E-state index in [-0.39, 0.29) is 23.9 Å². The molecule has 0 aliphatic carbocycles. The lowest BCUT2D eigenvalue weighted by molar-refractivity contribution is 0.0699. The van der Waals surface area contributed by atoms with Crippen LogP contribution in [-0.4, -0.2) is 45.5 Å². The lowest BCUT2D eigenvalue weighted by Gasteiger charge is -2.32. The van der Waals surface area contributed by atoms with Crippen LogP contribution in [0.4, 0.5) is 5.95 Å². The molecule has 2 saturated heterocycles. The van der Waals surface area contributed by atoms with Crippen molar-refractivity contribution in [3.05, 3.63) is 34.0 Å².